The molecule has 0 bridgehead atoms. The fourth-order valence-corrected chi connectivity index (χ4v) is 3.76. The number of nitrogens with one attached hydrogen (secondary N) is 1. The van der Waals surface area contributed by atoms with E-state index in [2.05, 4.69) is 10.3 Å². The largest absolute Gasteiger partial charge is 0.348 e. The van der Waals surface area contributed by atoms with Crippen LogP contribution in [0.15, 0.2) is 54.6 Å². The summed E-state index contributed by atoms with van der Waals surface area (Å²) < 4.78 is 0. The second kappa shape index (κ2) is 7.35. The van der Waals surface area contributed by atoms with E-state index in [1.807, 2.05) is 73.3 Å². The number of amides is 1. The third kappa shape index (κ3) is 3.50. The number of aromatic nitrogens is 2. The van der Waals surface area contributed by atoms with Crippen LogP contribution in [0.25, 0.3) is 10.9 Å². The molecule has 5 heteroatoms. The molecule has 1 aliphatic rings. The zero-order valence-corrected chi connectivity index (χ0v) is 15.7. The van der Waals surface area contributed by atoms with Gasteiger partial charge < -0.3 is 10.2 Å². The van der Waals surface area contributed by atoms with E-state index in [1.54, 1.807) is 0 Å². The number of rotatable bonds is 4. The Bertz CT molecular complexity index is 957. The van der Waals surface area contributed by atoms with Crippen molar-refractivity contribution in [3.63, 3.8) is 0 Å². The van der Waals surface area contributed by atoms with E-state index in [-0.39, 0.29) is 18.0 Å². The maximum absolute atomic E-state index is 13.0. The van der Waals surface area contributed by atoms with Crippen LogP contribution in [0.2, 0.25) is 0 Å². The summed E-state index contributed by atoms with van der Waals surface area (Å²) in [5, 5.41) is 4.21. The van der Waals surface area contributed by atoms with Crippen molar-refractivity contribution in [2.24, 2.45) is 0 Å². The minimum absolute atomic E-state index is 0.0274. The standard InChI is InChI=1S/C22H24N4O/c1-15(17-9-4-3-5-10-17)23-21(27)20-13-8-14-26(20)22-24-16(2)18-11-6-7-12-19(18)25-22/h3-7,9-12,15,20H,8,13-14H2,1-2H3,(H,23,27)/t15-,20-/m0/s1. The predicted octanol–water partition coefficient (Wildman–Crippen LogP) is 3.78. The number of aryl methyl sites for hydroxylation is 1. The third-order valence-corrected chi connectivity index (χ3v) is 5.25. The molecule has 1 fully saturated rings. The highest BCUT2D eigenvalue weighted by molar-refractivity contribution is 5.87. The molecule has 0 saturated carbocycles. The average molecular weight is 360 g/mol. The van der Waals surface area contributed by atoms with Gasteiger partial charge in [-0.05, 0) is 38.3 Å². The number of carbonyl (C=O) groups is 1. The molecule has 4 rings (SSSR count). The van der Waals surface area contributed by atoms with Crippen molar-refractivity contribution in [3.05, 3.63) is 65.9 Å². The van der Waals surface area contributed by atoms with Crippen molar-refractivity contribution < 1.29 is 4.79 Å². The van der Waals surface area contributed by atoms with Crippen LogP contribution in [0.5, 0.6) is 0 Å². The van der Waals surface area contributed by atoms with E-state index in [0.717, 1.165) is 41.5 Å². The Labute approximate surface area is 159 Å². The zero-order valence-electron chi connectivity index (χ0n) is 15.7. The average Bonchev–Trinajstić information content (AvgIpc) is 3.19. The topological polar surface area (TPSA) is 58.1 Å². The smallest absolute Gasteiger partial charge is 0.243 e. The van der Waals surface area contributed by atoms with Gasteiger partial charge >= 0.3 is 0 Å². The van der Waals surface area contributed by atoms with Gasteiger partial charge in [-0.3, -0.25) is 4.79 Å². The lowest BCUT2D eigenvalue weighted by Gasteiger charge is -2.26. The molecule has 1 aliphatic heterocycles. The molecule has 138 valence electrons. The number of fused-ring (bicyclic) bond motifs is 1. The van der Waals surface area contributed by atoms with Gasteiger partial charge in [-0.25, -0.2) is 9.97 Å². The van der Waals surface area contributed by atoms with Crippen LogP contribution >= 0.6 is 0 Å². The molecule has 5 nitrogen and oxygen atoms in total. The van der Waals surface area contributed by atoms with Crippen LogP contribution in [-0.4, -0.2) is 28.5 Å². The molecule has 0 spiro atoms. The second-order valence-electron chi connectivity index (χ2n) is 7.12. The van der Waals surface area contributed by atoms with E-state index in [0.29, 0.717) is 5.95 Å². The van der Waals surface area contributed by atoms with Crippen molar-refractivity contribution in [1.82, 2.24) is 15.3 Å². The van der Waals surface area contributed by atoms with Crippen LogP contribution in [-0.2, 0) is 4.79 Å². The highest BCUT2D eigenvalue weighted by Gasteiger charge is 2.33. The number of nitrogens with zero attached hydrogens (tertiary/aromatic N) is 3. The first-order valence-corrected chi connectivity index (χ1v) is 9.49. The van der Waals surface area contributed by atoms with Gasteiger partial charge in [0.25, 0.3) is 0 Å². The van der Waals surface area contributed by atoms with Crippen molar-refractivity contribution in [2.45, 2.75) is 38.8 Å². The van der Waals surface area contributed by atoms with E-state index in [1.165, 1.54) is 0 Å². The lowest BCUT2D eigenvalue weighted by molar-refractivity contribution is -0.122. The Morgan fingerprint density at radius 3 is 2.67 bits per heavy atom. The van der Waals surface area contributed by atoms with E-state index >= 15 is 0 Å². The number of benzene rings is 2. The summed E-state index contributed by atoms with van der Waals surface area (Å²) in [5.74, 6) is 0.689. The summed E-state index contributed by atoms with van der Waals surface area (Å²) in [5.41, 5.74) is 2.97. The molecule has 3 aromatic rings. The van der Waals surface area contributed by atoms with Gasteiger partial charge in [-0.1, -0.05) is 48.5 Å². The van der Waals surface area contributed by atoms with Gasteiger partial charge in [0, 0.05) is 11.9 Å². The van der Waals surface area contributed by atoms with Crippen molar-refractivity contribution in [3.8, 4) is 0 Å². The molecule has 0 unspecified atom stereocenters. The summed E-state index contributed by atoms with van der Waals surface area (Å²) in [6, 6.07) is 17.8. The second-order valence-corrected chi connectivity index (χ2v) is 7.12. The molecule has 2 atom stereocenters. The van der Waals surface area contributed by atoms with Gasteiger partial charge in [0.2, 0.25) is 11.9 Å². The molecule has 0 radical (unpaired) electrons. The van der Waals surface area contributed by atoms with E-state index in [9.17, 15) is 4.79 Å². The summed E-state index contributed by atoms with van der Waals surface area (Å²) >= 11 is 0. The molecular weight excluding hydrogens is 336 g/mol. The quantitative estimate of drug-likeness (QED) is 0.769. The normalized spacial score (nSPS) is 17.9. The number of carbonyl (C=O) groups excluding carboxylic acids is 1. The first-order valence-electron chi connectivity index (χ1n) is 9.49. The molecule has 0 aliphatic carbocycles. The summed E-state index contributed by atoms with van der Waals surface area (Å²) in [7, 11) is 0. The summed E-state index contributed by atoms with van der Waals surface area (Å²) in [6.45, 7) is 4.81. The Balaban J connectivity index is 1.56. The Hall–Kier alpha value is -2.95. The summed E-state index contributed by atoms with van der Waals surface area (Å²) in [4.78, 5) is 24.4. The maximum Gasteiger partial charge on any atom is 0.243 e. The molecular formula is C22H24N4O. The van der Waals surface area contributed by atoms with Crippen molar-refractivity contribution in [1.29, 1.82) is 0 Å². The molecule has 2 aromatic carbocycles. The van der Waals surface area contributed by atoms with Crippen LogP contribution in [0.1, 0.15) is 37.1 Å². The van der Waals surface area contributed by atoms with Crippen molar-refractivity contribution in [2.75, 3.05) is 11.4 Å². The highest BCUT2D eigenvalue weighted by atomic mass is 16.2. The maximum atomic E-state index is 13.0. The van der Waals surface area contributed by atoms with Crippen LogP contribution in [0.4, 0.5) is 5.95 Å². The molecule has 1 saturated heterocycles. The predicted molar refractivity (Wildman–Crippen MR) is 108 cm³/mol. The SMILES string of the molecule is Cc1nc(N2CCC[C@H]2C(=O)N[C@@H](C)c2ccccc2)nc2ccccc12. The van der Waals surface area contributed by atoms with Gasteiger partial charge in [-0.15, -0.1) is 0 Å². The van der Waals surface area contributed by atoms with Gasteiger partial charge in [0.1, 0.15) is 6.04 Å². The highest BCUT2D eigenvalue weighted by Crippen LogP contribution is 2.26. The van der Waals surface area contributed by atoms with Gasteiger partial charge in [-0.2, -0.15) is 0 Å². The number of anilines is 1. The molecule has 1 N–H and O–H groups in total. The van der Waals surface area contributed by atoms with E-state index in [4.69, 9.17) is 4.98 Å². The first-order chi connectivity index (χ1) is 13.1. The molecule has 2 heterocycles. The Morgan fingerprint density at radius 2 is 1.85 bits per heavy atom. The fraction of sp³-hybridized carbons (Fsp3) is 0.318. The zero-order chi connectivity index (χ0) is 18.8. The number of hydrogen-bond donors (Lipinski definition) is 1. The molecule has 1 amide bonds. The van der Waals surface area contributed by atoms with Crippen LogP contribution in [0, 0.1) is 6.92 Å². The lowest BCUT2D eigenvalue weighted by Crippen LogP contribution is -2.44. The minimum atomic E-state index is -0.225. The lowest BCUT2D eigenvalue weighted by atomic mass is 10.1. The minimum Gasteiger partial charge on any atom is -0.348 e. The Kier molecular flexibility index (Phi) is 4.75. The number of hydrogen-bond acceptors (Lipinski definition) is 4. The Morgan fingerprint density at radius 1 is 1.11 bits per heavy atom. The fourth-order valence-electron chi connectivity index (χ4n) is 3.76. The van der Waals surface area contributed by atoms with Crippen LogP contribution in [0.3, 0.4) is 0 Å². The summed E-state index contributed by atoms with van der Waals surface area (Å²) in [6.07, 6.45) is 1.79. The monoisotopic (exact) mass is 360 g/mol. The van der Waals surface area contributed by atoms with Gasteiger partial charge in [0.15, 0.2) is 0 Å². The van der Waals surface area contributed by atoms with Crippen molar-refractivity contribution >= 4 is 22.8 Å². The third-order valence-electron chi connectivity index (χ3n) is 5.25. The van der Waals surface area contributed by atoms with E-state index < -0.39 is 0 Å². The first kappa shape index (κ1) is 17.5. The molecule has 27 heavy (non-hydrogen) atoms. The molecule has 1 aromatic heterocycles. The van der Waals surface area contributed by atoms with Gasteiger partial charge in [0.05, 0.1) is 17.3 Å². The van der Waals surface area contributed by atoms with Crippen LogP contribution < -0.4 is 10.2 Å². The number of para-hydroxylation sites is 1.